The van der Waals surface area contributed by atoms with Gasteiger partial charge in [-0.25, -0.2) is 0 Å². The first-order valence-corrected chi connectivity index (χ1v) is 7.33. The van der Waals surface area contributed by atoms with E-state index in [1.54, 1.807) is 13.8 Å². The molecule has 18 heavy (non-hydrogen) atoms. The van der Waals surface area contributed by atoms with Crippen molar-refractivity contribution in [2.24, 2.45) is 5.41 Å². The fraction of sp³-hybridized carbons (Fsp3) is 0.500. The smallest absolute Gasteiger partial charge is 0.312 e. The molecule has 1 unspecified atom stereocenters. The van der Waals surface area contributed by atoms with Gasteiger partial charge in [-0.05, 0) is 31.9 Å². The highest BCUT2D eigenvalue weighted by Gasteiger charge is 2.30. The average Bonchev–Trinajstić information content (AvgIpc) is 2.30. The first-order chi connectivity index (χ1) is 8.36. The third-order valence-electron chi connectivity index (χ3n) is 2.84. The summed E-state index contributed by atoms with van der Waals surface area (Å²) in [4.78, 5) is 11.5. The number of methoxy groups -OCH3 is 1. The van der Waals surface area contributed by atoms with Gasteiger partial charge >= 0.3 is 5.97 Å². The summed E-state index contributed by atoms with van der Waals surface area (Å²) in [7, 11) is 0.282. The molecule has 0 aromatic heterocycles. The second-order valence-corrected chi connectivity index (χ2v) is 6.49. The van der Waals surface area contributed by atoms with Crippen LogP contribution in [-0.4, -0.2) is 23.0 Å². The number of aryl methyl sites for hydroxylation is 1. The molecule has 4 heteroatoms. The number of benzene rings is 1. The van der Waals surface area contributed by atoms with Gasteiger partial charge in [-0.1, -0.05) is 24.3 Å². The number of hydrogen-bond acceptors (Lipinski definition) is 3. The van der Waals surface area contributed by atoms with Crippen molar-refractivity contribution in [1.29, 1.82) is 0 Å². The normalized spacial score (nSPS) is 13.1. The Labute approximate surface area is 111 Å². The number of esters is 1. The first kappa shape index (κ1) is 14.9. The molecular formula is C14H20O3S. The van der Waals surface area contributed by atoms with Gasteiger partial charge in [-0.2, -0.15) is 0 Å². The van der Waals surface area contributed by atoms with Crippen LogP contribution < -0.4 is 0 Å². The molecule has 0 fully saturated rings. The Morgan fingerprint density at radius 3 is 2.50 bits per heavy atom. The van der Waals surface area contributed by atoms with Crippen LogP contribution in [0.2, 0.25) is 0 Å². The Hall–Kier alpha value is -1.16. The molecule has 1 atom stereocenters. The van der Waals surface area contributed by atoms with E-state index in [4.69, 9.17) is 4.74 Å². The van der Waals surface area contributed by atoms with Crippen LogP contribution in [0.5, 0.6) is 0 Å². The third kappa shape index (κ3) is 3.95. The van der Waals surface area contributed by atoms with Crippen LogP contribution in [0.1, 0.15) is 25.0 Å². The van der Waals surface area contributed by atoms with E-state index in [1.165, 1.54) is 7.11 Å². The van der Waals surface area contributed by atoms with Crippen molar-refractivity contribution in [2.75, 3.05) is 12.9 Å². The fourth-order valence-corrected chi connectivity index (χ4v) is 3.43. The van der Waals surface area contributed by atoms with Crippen molar-refractivity contribution in [2.45, 2.75) is 26.5 Å². The third-order valence-corrected chi connectivity index (χ3v) is 4.51. The van der Waals surface area contributed by atoms with Gasteiger partial charge in [0.2, 0.25) is 0 Å². The lowest BCUT2D eigenvalue weighted by Crippen LogP contribution is -2.31. The number of ether oxygens (including phenoxy) is 1. The summed E-state index contributed by atoms with van der Waals surface area (Å²) in [5.74, 6) is 0.474. The lowest BCUT2D eigenvalue weighted by Gasteiger charge is -2.20. The molecule has 0 aliphatic rings. The Morgan fingerprint density at radius 1 is 1.33 bits per heavy atom. The van der Waals surface area contributed by atoms with E-state index in [9.17, 15) is 9.00 Å². The van der Waals surface area contributed by atoms with Crippen LogP contribution in [0.15, 0.2) is 24.3 Å². The topological polar surface area (TPSA) is 43.4 Å². The molecule has 0 saturated carbocycles. The zero-order chi connectivity index (χ0) is 13.8. The minimum atomic E-state index is -1.07. The minimum Gasteiger partial charge on any atom is -0.469 e. The largest absolute Gasteiger partial charge is 0.469 e. The predicted molar refractivity (Wildman–Crippen MR) is 73.7 cm³/mol. The molecule has 0 saturated heterocycles. The van der Waals surface area contributed by atoms with E-state index >= 15 is 0 Å². The molecule has 0 aliphatic carbocycles. The predicted octanol–water partition coefficient (Wildman–Crippen LogP) is 2.44. The molecule has 3 nitrogen and oxygen atoms in total. The molecule has 0 aliphatic heterocycles. The van der Waals surface area contributed by atoms with Crippen LogP contribution in [-0.2, 0) is 26.1 Å². The monoisotopic (exact) mass is 268 g/mol. The molecule has 100 valence electrons. The Kier molecular flexibility index (Phi) is 5.08. The van der Waals surface area contributed by atoms with Crippen LogP contribution in [0, 0.1) is 12.3 Å². The molecule has 0 bridgehead atoms. The standard InChI is InChI=1S/C14H20O3S/c1-11-7-5-6-8-12(11)9-18(16)10-14(2,3)13(15)17-4/h5-8H,9-10H2,1-4H3. The highest BCUT2D eigenvalue weighted by molar-refractivity contribution is 7.84. The summed E-state index contributed by atoms with van der Waals surface area (Å²) in [5.41, 5.74) is 1.49. The second-order valence-electron chi connectivity index (χ2n) is 5.03. The molecule has 1 rings (SSSR count). The van der Waals surface area contributed by atoms with Gasteiger partial charge in [0, 0.05) is 22.3 Å². The zero-order valence-electron chi connectivity index (χ0n) is 11.4. The van der Waals surface area contributed by atoms with E-state index in [0.29, 0.717) is 11.5 Å². The van der Waals surface area contributed by atoms with Gasteiger partial charge in [0.1, 0.15) is 0 Å². The zero-order valence-corrected chi connectivity index (χ0v) is 12.2. The lowest BCUT2D eigenvalue weighted by atomic mass is 9.97. The van der Waals surface area contributed by atoms with Crippen LogP contribution >= 0.6 is 0 Å². The molecule has 1 aromatic carbocycles. The summed E-state index contributed by atoms with van der Waals surface area (Å²) in [6.45, 7) is 5.52. The van der Waals surface area contributed by atoms with Gasteiger partial charge in [0.25, 0.3) is 0 Å². The van der Waals surface area contributed by atoms with Crippen LogP contribution in [0.3, 0.4) is 0 Å². The number of hydrogen-bond donors (Lipinski definition) is 0. The summed E-state index contributed by atoms with van der Waals surface area (Å²) in [5, 5.41) is 0. The van der Waals surface area contributed by atoms with Crippen molar-refractivity contribution in [3.63, 3.8) is 0 Å². The lowest BCUT2D eigenvalue weighted by molar-refractivity contribution is -0.149. The summed E-state index contributed by atoms with van der Waals surface area (Å²) < 4.78 is 16.8. The van der Waals surface area contributed by atoms with Crippen molar-refractivity contribution >= 4 is 16.8 Å². The quantitative estimate of drug-likeness (QED) is 0.770. The molecule has 0 spiro atoms. The molecular weight excluding hydrogens is 248 g/mol. The summed E-state index contributed by atoms with van der Waals surface area (Å²) >= 11 is 0. The van der Waals surface area contributed by atoms with E-state index in [2.05, 4.69) is 0 Å². The Morgan fingerprint density at radius 2 is 1.94 bits per heavy atom. The average molecular weight is 268 g/mol. The van der Waals surface area contributed by atoms with Gasteiger partial charge in [-0.15, -0.1) is 0 Å². The van der Waals surface area contributed by atoms with E-state index in [-0.39, 0.29) is 5.97 Å². The number of carbonyl (C=O) groups excluding carboxylic acids is 1. The molecule has 0 radical (unpaired) electrons. The fourth-order valence-electron chi connectivity index (χ4n) is 1.73. The molecule has 1 aromatic rings. The maximum absolute atomic E-state index is 12.1. The van der Waals surface area contributed by atoms with E-state index < -0.39 is 16.2 Å². The number of rotatable bonds is 5. The van der Waals surface area contributed by atoms with Crippen molar-refractivity contribution in [1.82, 2.24) is 0 Å². The Bertz CT molecular complexity index is 452. The van der Waals surface area contributed by atoms with Gasteiger partial charge in [0.05, 0.1) is 12.5 Å². The van der Waals surface area contributed by atoms with Crippen molar-refractivity contribution in [3.05, 3.63) is 35.4 Å². The van der Waals surface area contributed by atoms with Crippen LogP contribution in [0.25, 0.3) is 0 Å². The highest BCUT2D eigenvalue weighted by Crippen LogP contribution is 2.20. The van der Waals surface area contributed by atoms with Crippen LogP contribution in [0.4, 0.5) is 0 Å². The number of carbonyl (C=O) groups is 1. The summed E-state index contributed by atoms with van der Waals surface area (Å²) in [6, 6.07) is 7.86. The summed E-state index contributed by atoms with van der Waals surface area (Å²) in [6.07, 6.45) is 0. The first-order valence-electron chi connectivity index (χ1n) is 5.84. The van der Waals surface area contributed by atoms with Gasteiger partial charge in [0.15, 0.2) is 0 Å². The molecule has 0 heterocycles. The minimum absolute atomic E-state index is 0.313. The molecule has 0 amide bonds. The highest BCUT2D eigenvalue weighted by atomic mass is 32.2. The Balaban J connectivity index is 2.68. The molecule has 0 N–H and O–H groups in total. The van der Waals surface area contributed by atoms with E-state index in [0.717, 1.165) is 11.1 Å². The van der Waals surface area contributed by atoms with Gasteiger partial charge in [-0.3, -0.25) is 9.00 Å². The van der Waals surface area contributed by atoms with Gasteiger partial charge < -0.3 is 4.74 Å². The van der Waals surface area contributed by atoms with Crippen molar-refractivity contribution in [3.8, 4) is 0 Å². The van der Waals surface area contributed by atoms with Crippen molar-refractivity contribution < 1.29 is 13.7 Å². The SMILES string of the molecule is COC(=O)C(C)(C)CS(=O)Cc1ccccc1C. The maximum atomic E-state index is 12.1. The van der Waals surface area contributed by atoms with E-state index in [1.807, 2.05) is 31.2 Å². The second kappa shape index (κ2) is 6.14. The maximum Gasteiger partial charge on any atom is 0.312 e.